The average Bonchev–Trinajstić information content (AvgIpc) is 3.19. The van der Waals surface area contributed by atoms with Crippen LogP contribution < -0.4 is 10.0 Å². The summed E-state index contributed by atoms with van der Waals surface area (Å²) in [6.07, 6.45) is 1.13. The Morgan fingerprint density at radius 2 is 1.61 bits per heavy atom. The minimum absolute atomic E-state index is 0.0901. The van der Waals surface area contributed by atoms with Gasteiger partial charge in [-0.3, -0.25) is 4.72 Å². The molecule has 150 valence electrons. The normalized spacial score (nSPS) is 10.6. The van der Waals surface area contributed by atoms with Gasteiger partial charge in [0.25, 0.3) is 10.0 Å². The van der Waals surface area contributed by atoms with Crippen molar-refractivity contribution in [3.63, 3.8) is 0 Å². The van der Waals surface area contributed by atoms with Gasteiger partial charge in [0.2, 0.25) is 0 Å². The molecule has 0 amide bonds. The zero-order valence-electron chi connectivity index (χ0n) is 15.3. The van der Waals surface area contributed by atoms with Gasteiger partial charge in [0.1, 0.15) is 4.21 Å². The molecule has 1 heterocycles. The van der Waals surface area contributed by atoms with Crippen molar-refractivity contribution in [1.82, 2.24) is 0 Å². The molecule has 0 aliphatic carbocycles. The lowest BCUT2D eigenvalue weighted by Crippen LogP contribution is -2.19. The zero-order valence-corrected chi connectivity index (χ0v) is 16.9. The smallest absolute Gasteiger partial charge is 0.347 e. The van der Waals surface area contributed by atoms with Crippen LogP contribution in [-0.2, 0) is 29.1 Å². The van der Waals surface area contributed by atoms with Gasteiger partial charge in [0.15, 0.2) is 5.57 Å². The number of hydrogen-bond donors (Lipinski definition) is 2. The number of sulfonamides is 1. The lowest BCUT2D eigenvalue weighted by molar-refractivity contribution is -0.146. The molecule has 0 saturated carbocycles. The number of esters is 2. The van der Waals surface area contributed by atoms with Crippen LogP contribution in [0, 0.1) is 0 Å². The second kappa shape index (κ2) is 9.90. The highest BCUT2D eigenvalue weighted by Crippen LogP contribution is 2.26. The number of para-hydroxylation sites is 2. The third kappa shape index (κ3) is 5.57. The lowest BCUT2D eigenvalue weighted by atomic mass is 10.2. The summed E-state index contributed by atoms with van der Waals surface area (Å²) < 4.78 is 37.3. The van der Waals surface area contributed by atoms with E-state index in [1.165, 1.54) is 6.07 Å². The minimum Gasteiger partial charge on any atom is -0.462 e. The summed E-state index contributed by atoms with van der Waals surface area (Å²) in [5.74, 6) is -1.69. The molecule has 2 aromatic rings. The van der Waals surface area contributed by atoms with Gasteiger partial charge in [-0.25, -0.2) is 18.0 Å². The van der Waals surface area contributed by atoms with Crippen molar-refractivity contribution in [3.05, 3.63) is 53.6 Å². The Hall–Kier alpha value is -2.85. The summed E-state index contributed by atoms with van der Waals surface area (Å²) in [6, 6.07) is 9.60. The molecule has 0 spiro atoms. The van der Waals surface area contributed by atoms with Gasteiger partial charge in [0.05, 0.1) is 24.6 Å². The Labute approximate surface area is 167 Å². The van der Waals surface area contributed by atoms with Gasteiger partial charge in [0, 0.05) is 6.20 Å². The van der Waals surface area contributed by atoms with Crippen LogP contribution in [0.4, 0.5) is 11.4 Å². The Morgan fingerprint density at radius 3 is 2.14 bits per heavy atom. The monoisotopic (exact) mass is 424 g/mol. The molecule has 0 fully saturated rings. The van der Waals surface area contributed by atoms with E-state index in [0.717, 1.165) is 17.5 Å². The van der Waals surface area contributed by atoms with E-state index in [9.17, 15) is 18.0 Å². The van der Waals surface area contributed by atoms with Crippen molar-refractivity contribution in [2.75, 3.05) is 23.3 Å². The number of thiophene rings is 1. The number of hydrogen-bond acceptors (Lipinski definition) is 8. The molecule has 28 heavy (non-hydrogen) atoms. The second-order valence-corrected chi connectivity index (χ2v) is 8.08. The van der Waals surface area contributed by atoms with Crippen molar-refractivity contribution in [2.45, 2.75) is 18.1 Å². The molecule has 8 nitrogen and oxygen atoms in total. The number of carbonyl (C=O) groups is 2. The van der Waals surface area contributed by atoms with Crippen LogP contribution in [0.5, 0.6) is 0 Å². The maximum absolute atomic E-state index is 12.4. The lowest BCUT2D eigenvalue weighted by Gasteiger charge is -2.12. The standard InChI is InChI=1S/C18H20N2O6S2/c1-3-25-17(21)13(18(22)26-4-2)12-19-14-8-5-6-9-15(14)20-28(23,24)16-10-7-11-27-16/h5-12,19-20H,3-4H2,1-2H3. The molecule has 2 rings (SSSR count). The summed E-state index contributed by atoms with van der Waals surface area (Å²) in [6.45, 7) is 3.41. The molecule has 0 saturated heterocycles. The predicted octanol–water partition coefficient (Wildman–Crippen LogP) is 2.97. The van der Waals surface area contributed by atoms with Gasteiger partial charge < -0.3 is 14.8 Å². The highest BCUT2D eigenvalue weighted by atomic mass is 32.2. The first-order valence-electron chi connectivity index (χ1n) is 8.35. The predicted molar refractivity (Wildman–Crippen MR) is 107 cm³/mol. The van der Waals surface area contributed by atoms with Crippen molar-refractivity contribution < 1.29 is 27.5 Å². The van der Waals surface area contributed by atoms with E-state index in [-0.39, 0.29) is 28.7 Å². The number of ether oxygens (including phenoxy) is 2. The van der Waals surface area contributed by atoms with Crippen LogP contribution in [0.2, 0.25) is 0 Å². The molecular formula is C18H20N2O6S2. The molecule has 0 atom stereocenters. The van der Waals surface area contributed by atoms with E-state index in [1.807, 2.05) is 0 Å². The Bertz CT molecular complexity index is 932. The number of rotatable bonds is 9. The van der Waals surface area contributed by atoms with E-state index in [4.69, 9.17) is 9.47 Å². The summed E-state index contributed by atoms with van der Waals surface area (Å²) in [5, 5.41) is 4.43. The molecule has 0 unspecified atom stereocenters. The molecule has 1 aromatic carbocycles. The van der Waals surface area contributed by atoms with Crippen LogP contribution in [0.25, 0.3) is 0 Å². The third-order valence-electron chi connectivity index (χ3n) is 3.29. The first-order chi connectivity index (χ1) is 13.4. The molecule has 1 aromatic heterocycles. The van der Waals surface area contributed by atoms with Crippen LogP contribution in [0.15, 0.2) is 57.8 Å². The zero-order chi connectivity index (χ0) is 20.6. The quantitative estimate of drug-likeness (QED) is 0.275. The first-order valence-corrected chi connectivity index (χ1v) is 10.7. The summed E-state index contributed by atoms with van der Waals surface area (Å²) >= 11 is 1.09. The number of benzene rings is 1. The highest BCUT2D eigenvalue weighted by Gasteiger charge is 2.21. The topological polar surface area (TPSA) is 111 Å². The van der Waals surface area contributed by atoms with E-state index >= 15 is 0 Å². The van der Waals surface area contributed by atoms with Gasteiger partial charge in [-0.15, -0.1) is 11.3 Å². The minimum atomic E-state index is -3.76. The molecule has 10 heteroatoms. The average molecular weight is 425 g/mol. The highest BCUT2D eigenvalue weighted by molar-refractivity contribution is 7.94. The SMILES string of the molecule is CCOC(=O)C(=CNc1ccccc1NS(=O)(=O)c1cccs1)C(=O)OCC. The van der Waals surface area contributed by atoms with Crippen molar-refractivity contribution in [3.8, 4) is 0 Å². The van der Waals surface area contributed by atoms with E-state index in [0.29, 0.717) is 5.69 Å². The van der Waals surface area contributed by atoms with Crippen LogP contribution in [0.3, 0.4) is 0 Å². The number of nitrogens with one attached hydrogen (secondary N) is 2. The van der Waals surface area contributed by atoms with E-state index in [1.54, 1.807) is 49.6 Å². The summed E-state index contributed by atoms with van der Waals surface area (Å²) in [5.41, 5.74) is 0.257. The van der Waals surface area contributed by atoms with Crippen LogP contribution in [0.1, 0.15) is 13.8 Å². The Morgan fingerprint density at radius 1 is 1.00 bits per heavy atom. The molecule has 0 bridgehead atoms. The Balaban J connectivity index is 2.29. The summed E-state index contributed by atoms with van der Waals surface area (Å²) in [4.78, 5) is 24.0. The third-order valence-corrected chi connectivity index (χ3v) is 6.06. The van der Waals surface area contributed by atoms with Crippen LogP contribution in [-0.4, -0.2) is 33.6 Å². The molecule has 0 aliphatic rings. The first kappa shape index (κ1) is 21.5. The second-order valence-electron chi connectivity index (χ2n) is 5.23. The van der Waals surface area contributed by atoms with Crippen molar-refractivity contribution in [1.29, 1.82) is 0 Å². The fourth-order valence-electron chi connectivity index (χ4n) is 2.08. The van der Waals surface area contributed by atoms with Gasteiger partial charge in [-0.2, -0.15) is 0 Å². The van der Waals surface area contributed by atoms with Crippen molar-refractivity contribution >= 4 is 44.7 Å². The van der Waals surface area contributed by atoms with Gasteiger partial charge >= 0.3 is 11.9 Å². The summed E-state index contributed by atoms with van der Waals surface area (Å²) in [7, 11) is -3.76. The van der Waals surface area contributed by atoms with E-state index in [2.05, 4.69) is 10.0 Å². The van der Waals surface area contributed by atoms with Gasteiger partial charge in [-0.05, 0) is 37.4 Å². The fraction of sp³-hybridized carbons (Fsp3) is 0.222. The maximum atomic E-state index is 12.4. The van der Waals surface area contributed by atoms with Gasteiger partial charge in [-0.1, -0.05) is 18.2 Å². The largest absolute Gasteiger partial charge is 0.462 e. The van der Waals surface area contributed by atoms with Crippen molar-refractivity contribution in [2.24, 2.45) is 0 Å². The number of anilines is 2. The molecular weight excluding hydrogens is 404 g/mol. The Kier molecular flexibility index (Phi) is 7.59. The fourth-order valence-corrected chi connectivity index (χ4v) is 4.15. The van der Waals surface area contributed by atoms with E-state index < -0.39 is 22.0 Å². The molecule has 0 radical (unpaired) electrons. The molecule has 0 aliphatic heterocycles. The number of carbonyl (C=O) groups excluding carboxylic acids is 2. The molecule has 2 N–H and O–H groups in total. The van der Waals surface area contributed by atoms with Crippen LogP contribution >= 0.6 is 11.3 Å². The maximum Gasteiger partial charge on any atom is 0.347 e.